The van der Waals surface area contributed by atoms with Gasteiger partial charge in [-0.25, -0.2) is 0 Å². The van der Waals surface area contributed by atoms with Crippen LogP contribution in [0.15, 0.2) is 72.8 Å². The van der Waals surface area contributed by atoms with Gasteiger partial charge in [-0.05, 0) is 53.1 Å². The molecule has 0 spiro atoms. The first-order chi connectivity index (χ1) is 15.0. The molecule has 4 rings (SSSR count). The molecule has 3 aromatic carbocycles. The van der Waals surface area contributed by atoms with Crippen LogP contribution in [0.4, 0.5) is 0 Å². The van der Waals surface area contributed by atoms with Gasteiger partial charge in [0.05, 0.1) is 11.1 Å². The highest BCUT2D eigenvalue weighted by Gasteiger charge is 2.34. The number of nitrogens with zero attached hydrogens (tertiary/aromatic N) is 1. The fourth-order valence-electron chi connectivity index (χ4n) is 4.11. The fraction of sp³-hybridized carbons (Fsp3) is 0.214. The van der Waals surface area contributed by atoms with Crippen LogP contribution < -0.4 is 0 Å². The smallest absolute Gasteiger partial charge is 0.261 e. The number of amides is 2. The molecule has 2 amide bonds. The predicted octanol–water partition coefficient (Wildman–Crippen LogP) is 6.21. The van der Waals surface area contributed by atoms with Crippen molar-refractivity contribution in [2.24, 2.45) is 0 Å². The van der Waals surface area contributed by atoms with Gasteiger partial charge in [-0.3, -0.25) is 14.5 Å². The summed E-state index contributed by atoms with van der Waals surface area (Å²) in [5, 5.41) is 0. The van der Waals surface area contributed by atoms with E-state index in [4.69, 9.17) is 0 Å². The number of benzene rings is 3. The minimum absolute atomic E-state index is 0.180. The molecule has 0 bridgehead atoms. The van der Waals surface area contributed by atoms with Crippen molar-refractivity contribution in [3.8, 4) is 0 Å². The van der Waals surface area contributed by atoms with Gasteiger partial charge >= 0.3 is 0 Å². The summed E-state index contributed by atoms with van der Waals surface area (Å²) < 4.78 is 0. The molecule has 1 heterocycles. The molecule has 31 heavy (non-hydrogen) atoms. The highest BCUT2D eigenvalue weighted by atomic mass is 16.2. The maximum atomic E-state index is 12.5. The molecule has 0 radical (unpaired) electrons. The van der Waals surface area contributed by atoms with Crippen LogP contribution in [0.2, 0.25) is 0 Å². The van der Waals surface area contributed by atoms with E-state index in [9.17, 15) is 9.59 Å². The molecule has 0 N–H and O–H groups in total. The Morgan fingerprint density at radius 2 is 1.48 bits per heavy atom. The van der Waals surface area contributed by atoms with Gasteiger partial charge in [0.15, 0.2) is 0 Å². The zero-order valence-corrected chi connectivity index (χ0v) is 18.0. The first-order valence-corrected chi connectivity index (χ1v) is 10.9. The van der Waals surface area contributed by atoms with Crippen LogP contribution in [0.5, 0.6) is 0 Å². The molecule has 0 saturated carbocycles. The lowest BCUT2D eigenvalue weighted by Gasteiger charge is -2.13. The highest BCUT2D eigenvalue weighted by molar-refractivity contribution is 6.21. The van der Waals surface area contributed by atoms with E-state index in [0.717, 1.165) is 18.4 Å². The first kappa shape index (κ1) is 20.8. The number of imide groups is 1. The maximum absolute atomic E-state index is 12.5. The van der Waals surface area contributed by atoms with Crippen LogP contribution in [0, 0.1) is 0 Å². The molecule has 0 saturated heterocycles. The summed E-state index contributed by atoms with van der Waals surface area (Å²) in [7, 11) is 0. The molecule has 0 unspecified atom stereocenters. The maximum Gasteiger partial charge on any atom is 0.261 e. The average Bonchev–Trinajstić information content (AvgIpc) is 3.03. The minimum Gasteiger partial charge on any atom is -0.274 e. The topological polar surface area (TPSA) is 37.4 Å². The van der Waals surface area contributed by atoms with E-state index >= 15 is 0 Å². The molecule has 0 fully saturated rings. The van der Waals surface area contributed by atoms with E-state index in [1.54, 1.807) is 24.3 Å². The number of rotatable bonds is 7. The molecular weight excluding hydrogens is 382 g/mol. The van der Waals surface area contributed by atoms with Crippen LogP contribution in [0.3, 0.4) is 0 Å². The Balaban J connectivity index is 1.39. The van der Waals surface area contributed by atoms with Crippen LogP contribution in [0.1, 0.15) is 69.2 Å². The standard InChI is InChI=1S/C28H27NO2/c1-20(2)24-13-4-3-12-23(24)17-16-22-10-7-9-21(19-22)11-8-18-29-27(30)25-14-5-6-15-26(25)28(29)31/h3-7,9-10,12-17,19-20H,8,11,18H2,1-2H3/b17-16+. The summed E-state index contributed by atoms with van der Waals surface area (Å²) in [5.41, 5.74) is 5.97. The van der Waals surface area contributed by atoms with Gasteiger partial charge in [-0.15, -0.1) is 0 Å². The second kappa shape index (κ2) is 9.13. The molecule has 0 aromatic heterocycles. The first-order valence-electron chi connectivity index (χ1n) is 10.9. The molecule has 3 aromatic rings. The molecule has 3 heteroatoms. The number of fused-ring (bicyclic) bond motifs is 1. The quantitative estimate of drug-likeness (QED) is 0.344. The number of hydrogen-bond donors (Lipinski definition) is 0. The van der Waals surface area contributed by atoms with Crippen molar-refractivity contribution in [2.45, 2.75) is 32.6 Å². The summed E-state index contributed by atoms with van der Waals surface area (Å²) in [6, 6.07) is 24.0. The Morgan fingerprint density at radius 3 is 2.19 bits per heavy atom. The Morgan fingerprint density at radius 1 is 0.806 bits per heavy atom. The number of carbonyl (C=O) groups excluding carboxylic acids is 2. The SMILES string of the molecule is CC(C)c1ccccc1/C=C/c1cccc(CCCN2C(=O)c3ccccc3C2=O)c1. The second-order valence-corrected chi connectivity index (χ2v) is 8.27. The molecule has 156 valence electrons. The van der Waals surface area contributed by atoms with Crippen LogP contribution in [-0.2, 0) is 6.42 Å². The molecule has 1 aliphatic rings. The average molecular weight is 410 g/mol. The summed E-state index contributed by atoms with van der Waals surface area (Å²) in [5.74, 6) is 0.122. The number of hydrogen-bond acceptors (Lipinski definition) is 2. The van der Waals surface area contributed by atoms with Crippen molar-refractivity contribution in [3.05, 3.63) is 106 Å². The molecule has 1 aliphatic heterocycles. The van der Waals surface area contributed by atoms with Crippen LogP contribution >= 0.6 is 0 Å². The Bertz CT molecular complexity index is 1110. The Labute approximate surface area is 184 Å². The van der Waals surface area contributed by atoms with Crippen molar-refractivity contribution in [2.75, 3.05) is 6.54 Å². The van der Waals surface area contributed by atoms with Crippen molar-refractivity contribution in [1.29, 1.82) is 0 Å². The summed E-state index contributed by atoms with van der Waals surface area (Å²) in [4.78, 5) is 26.4. The van der Waals surface area contributed by atoms with Gasteiger partial charge in [0.1, 0.15) is 0 Å². The minimum atomic E-state index is -0.180. The van der Waals surface area contributed by atoms with E-state index in [1.807, 2.05) is 0 Å². The second-order valence-electron chi connectivity index (χ2n) is 8.27. The number of carbonyl (C=O) groups is 2. The third-order valence-electron chi connectivity index (χ3n) is 5.75. The molecule has 0 atom stereocenters. The zero-order chi connectivity index (χ0) is 21.8. The Hall–Kier alpha value is -3.46. The monoisotopic (exact) mass is 409 g/mol. The van der Waals surface area contributed by atoms with Crippen molar-refractivity contribution < 1.29 is 9.59 Å². The van der Waals surface area contributed by atoms with E-state index in [-0.39, 0.29) is 11.8 Å². The van der Waals surface area contributed by atoms with E-state index in [2.05, 4.69) is 74.5 Å². The van der Waals surface area contributed by atoms with Gasteiger partial charge in [0.25, 0.3) is 11.8 Å². The van der Waals surface area contributed by atoms with Gasteiger partial charge < -0.3 is 0 Å². The lowest BCUT2D eigenvalue weighted by Crippen LogP contribution is -2.30. The molecular formula is C28H27NO2. The van der Waals surface area contributed by atoms with Crippen LogP contribution in [-0.4, -0.2) is 23.3 Å². The van der Waals surface area contributed by atoms with Gasteiger partial charge in [0, 0.05) is 6.54 Å². The lowest BCUT2D eigenvalue weighted by molar-refractivity contribution is 0.0652. The van der Waals surface area contributed by atoms with E-state index in [1.165, 1.54) is 21.6 Å². The fourth-order valence-corrected chi connectivity index (χ4v) is 4.11. The van der Waals surface area contributed by atoms with Gasteiger partial charge in [-0.1, -0.05) is 86.7 Å². The number of aryl methyl sites for hydroxylation is 1. The van der Waals surface area contributed by atoms with Gasteiger partial charge in [-0.2, -0.15) is 0 Å². The largest absolute Gasteiger partial charge is 0.274 e. The zero-order valence-electron chi connectivity index (χ0n) is 18.0. The van der Waals surface area contributed by atoms with E-state index in [0.29, 0.717) is 23.6 Å². The third-order valence-corrected chi connectivity index (χ3v) is 5.75. The summed E-state index contributed by atoms with van der Waals surface area (Å²) in [6.45, 7) is 4.86. The predicted molar refractivity (Wildman–Crippen MR) is 126 cm³/mol. The van der Waals surface area contributed by atoms with Crippen LogP contribution in [0.25, 0.3) is 12.2 Å². The third kappa shape index (κ3) is 4.51. The van der Waals surface area contributed by atoms with E-state index < -0.39 is 0 Å². The highest BCUT2D eigenvalue weighted by Crippen LogP contribution is 2.23. The molecule has 3 nitrogen and oxygen atoms in total. The molecule has 0 aliphatic carbocycles. The summed E-state index contributed by atoms with van der Waals surface area (Å²) in [6.07, 6.45) is 5.88. The summed E-state index contributed by atoms with van der Waals surface area (Å²) >= 11 is 0. The van der Waals surface area contributed by atoms with Crippen molar-refractivity contribution in [1.82, 2.24) is 4.90 Å². The lowest BCUT2D eigenvalue weighted by atomic mass is 9.96. The Kier molecular flexibility index (Phi) is 6.13. The van der Waals surface area contributed by atoms with Crippen molar-refractivity contribution in [3.63, 3.8) is 0 Å². The van der Waals surface area contributed by atoms with Crippen molar-refractivity contribution >= 4 is 24.0 Å². The normalized spacial score (nSPS) is 13.5. The van der Waals surface area contributed by atoms with Gasteiger partial charge in [0.2, 0.25) is 0 Å².